The van der Waals surface area contributed by atoms with Crippen molar-refractivity contribution in [1.29, 1.82) is 0 Å². The van der Waals surface area contributed by atoms with Crippen LogP contribution in [0.4, 0.5) is 21.5 Å². The number of anilines is 2. The molecule has 6 heteroatoms. The fourth-order valence-corrected chi connectivity index (χ4v) is 2.36. The fraction of sp³-hybridized carbons (Fsp3) is 0.143. The standard InChI is InChI=1S/C14H13BrFN3O/c1-19(8-9-2-4-11(16)5-3-9)13-7-10(15)6-12(18-20)14(13)17/h2-7H,8,17H2,1H3. The third kappa shape index (κ3) is 3.14. The molecule has 0 radical (unpaired) electrons. The fourth-order valence-electron chi connectivity index (χ4n) is 1.93. The number of halogens is 2. The summed E-state index contributed by atoms with van der Waals surface area (Å²) in [4.78, 5) is 12.6. The summed E-state index contributed by atoms with van der Waals surface area (Å²) in [5.41, 5.74) is 8.08. The minimum Gasteiger partial charge on any atom is -0.395 e. The average molecular weight is 338 g/mol. The second-order valence-electron chi connectivity index (χ2n) is 4.43. The second-order valence-corrected chi connectivity index (χ2v) is 5.35. The molecule has 0 amide bonds. The number of nitrogens with two attached hydrogens (primary N) is 1. The summed E-state index contributed by atoms with van der Waals surface area (Å²) in [5, 5.41) is 2.91. The smallest absolute Gasteiger partial charge is 0.134 e. The lowest BCUT2D eigenvalue weighted by molar-refractivity contribution is 0.627. The maximum Gasteiger partial charge on any atom is 0.134 e. The highest BCUT2D eigenvalue weighted by molar-refractivity contribution is 9.10. The SMILES string of the molecule is CN(Cc1ccc(F)cc1)c1cc(Br)cc(N=O)c1N. The molecule has 2 aromatic carbocycles. The summed E-state index contributed by atoms with van der Waals surface area (Å²) in [6, 6.07) is 9.61. The highest BCUT2D eigenvalue weighted by Crippen LogP contribution is 2.36. The van der Waals surface area contributed by atoms with E-state index in [0.717, 1.165) is 10.0 Å². The third-order valence-electron chi connectivity index (χ3n) is 2.94. The highest BCUT2D eigenvalue weighted by atomic mass is 79.9. The Labute approximate surface area is 124 Å². The second kappa shape index (κ2) is 6.00. The highest BCUT2D eigenvalue weighted by Gasteiger charge is 2.12. The van der Waals surface area contributed by atoms with Crippen LogP contribution < -0.4 is 10.6 Å². The van der Waals surface area contributed by atoms with Gasteiger partial charge < -0.3 is 10.6 Å². The molecule has 0 atom stereocenters. The van der Waals surface area contributed by atoms with E-state index in [1.165, 1.54) is 12.1 Å². The van der Waals surface area contributed by atoms with E-state index in [4.69, 9.17) is 5.73 Å². The van der Waals surface area contributed by atoms with Crippen molar-refractivity contribution >= 4 is 33.0 Å². The molecule has 0 aromatic heterocycles. The first-order valence-electron chi connectivity index (χ1n) is 5.89. The van der Waals surface area contributed by atoms with Crippen molar-refractivity contribution in [3.05, 3.63) is 57.2 Å². The Balaban J connectivity index is 2.29. The van der Waals surface area contributed by atoms with Gasteiger partial charge in [0, 0.05) is 18.1 Å². The minimum absolute atomic E-state index is 0.195. The molecule has 0 aliphatic carbocycles. The van der Waals surface area contributed by atoms with Crippen molar-refractivity contribution in [2.45, 2.75) is 6.54 Å². The van der Waals surface area contributed by atoms with Gasteiger partial charge in [-0.3, -0.25) is 0 Å². The molecular weight excluding hydrogens is 325 g/mol. The van der Waals surface area contributed by atoms with E-state index < -0.39 is 0 Å². The number of hydrogen-bond acceptors (Lipinski definition) is 4. The Kier molecular flexibility index (Phi) is 4.34. The van der Waals surface area contributed by atoms with Crippen LogP contribution >= 0.6 is 15.9 Å². The van der Waals surface area contributed by atoms with Gasteiger partial charge in [-0.25, -0.2) is 4.39 Å². The van der Waals surface area contributed by atoms with Crippen LogP contribution in [-0.4, -0.2) is 7.05 Å². The van der Waals surface area contributed by atoms with E-state index in [0.29, 0.717) is 17.9 Å². The molecule has 2 aromatic rings. The van der Waals surface area contributed by atoms with Gasteiger partial charge in [0.1, 0.15) is 11.5 Å². The van der Waals surface area contributed by atoms with Crippen molar-refractivity contribution in [3.63, 3.8) is 0 Å². The largest absolute Gasteiger partial charge is 0.395 e. The first-order chi connectivity index (χ1) is 9.51. The van der Waals surface area contributed by atoms with Gasteiger partial charge in [0.25, 0.3) is 0 Å². The zero-order valence-corrected chi connectivity index (χ0v) is 12.4. The minimum atomic E-state index is -0.272. The quantitative estimate of drug-likeness (QED) is 0.671. The first kappa shape index (κ1) is 14.5. The van der Waals surface area contributed by atoms with Crippen LogP contribution in [0.25, 0.3) is 0 Å². The molecule has 0 aliphatic rings. The number of benzene rings is 2. The zero-order valence-electron chi connectivity index (χ0n) is 10.8. The Morgan fingerprint density at radius 3 is 2.55 bits per heavy atom. The molecule has 2 N–H and O–H groups in total. The number of rotatable bonds is 4. The summed E-state index contributed by atoms with van der Waals surface area (Å²) in [7, 11) is 1.84. The lowest BCUT2D eigenvalue weighted by atomic mass is 10.1. The number of nitroso groups, excluding NO2 is 1. The van der Waals surface area contributed by atoms with E-state index in [1.54, 1.807) is 18.2 Å². The van der Waals surface area contributed by atoms with Gasteiger partial charge in [-0.1, -0.05) is 28.1 Å². The van der Waals surface area contributed by atoms with Crippen molar-refractivity contribution in [1.82, 2.24) is 0 Å². The molecule has 0 aliphatic heterocycles. The van der Waals surface area contributed by atoms with Gasteiger partial charge in [-0.05, 0) is 35.0 Å². The molecule has 0 saturated heterocycles. The molecule has 0 bridgehead atoms. The monoisotopic (exact) mass is 337 g/mol. The van der Waals surface area contributed by atoms with Gasteiger partial charge in [0.15, 0.2) is 0 Å². The number of nitrogen functional groups attached to an aromatic ring is 1. The van der Waals surface area contributed by atoms with Crippen LogP contribution in [0.2, 0.25) is 0 Å². The molecule has 0 heterocycles. The van der Waals surface area contributed by atoms with Crippen LogP contribution in [0.1, 0.15) is 5.56 Å². The predicted octanol–water partition coefficient (Wildman–Crippen LogP) is 4.20. The van der Waals surface area contributed by atoms with Gasteiger partial charge in [-0.2, -0.15) is 0 Å². The summed E-state index contributed by atoms with van der Waals surface area (Å²) in [6.45, 7) is 0.541. The first-order valence-corrected chi connectivity index (χ1v) is 6.68. The van der Waals surface area contributed by atoms with Gasteiger partial charge in [0.2, 0.25) is 0 Å². The normalized spacial score (nSPS) is 10.3. The Hall–Kier alpha value is -1.95. The topological polar surface area (TPSA) is 58.7 Å². The molecule has 4 nitrogen and oxygen atoms in total. The van der Waals surface area contributed by atoms with E-state index >= 15 is 0 Å². The summed E-state index contributed by atoms with van der Waals surface area (Å²) >= 11 is 3.32. The maximum absolute atomic E-state index is 12.9. The van der Waals surface area contributed by atoms with E-state index in [2.05, 4.69) is 21.1 Å². The van der Waals surface area contributed by atoms with Crippen LogP contribution in [0, 0.1) is 10.7 Å². The number of hydrogen-bond donors (Lipinski definition) is 1. The summed E-state index contributed by atoms with van der Waals surface area (Å²) in [5.74, 6) is -0.272. The molecule has 104 valence electrons. The Morgan fingerprint density at radius 1 is 1.30 bits per heavy atom. The van der Waals surface area contributed by atoms with Crippen molar-refractivity contribution in [2.24, 2.45) is 5.18 Å². The summed E-state index contributed by atoms with van der Waals surface area (Å²) < 4.78 is 13.6. The average Bonchev–Trinajstić information content (AvgIpc) is 2.43. The molecule has 0 spiro atoms. The zero-order chi connectivity index (χ0) is 14.7. The number of nitrogens with zero attached hydrogens (tertiary/aromatic N) is 2. The van der Waals surface area contributed by atoms with Crippen LogP contribution in [0.5, 0.6) is 0 Å². The predicted molar refractivity (Wildman–Crippen MR) is 82.5 cm³/mol. The maximum atomic E-state index is 12.9. The van der Waals surface area contributed by atoms with Crippen molar-refractivity contribution < 1.29 is 4.39 Å². The van der Waals surface area contributed by atoms with E-state index in [-0.39, 0.29) is 11.5 Å². The molecule has 2 rings (SSSR count). The third-order valence-corrected chi connectivity index (χ3v) is 3.40. The molecule has 0 fully saturated rings. The molecule has 20 heavy (non-hydrogen) atoms. The van der Waals surface area contributed by atoms with Crippen LogP contribution in [0.15, 0.2) is 46.0 Å². The molecular formula is C14H13BrFN3O. The molecule has 0 unspecified atom stereocenters. The summed E-state index contributed by atoms with van der Waals surface area (Å²) in [6.07, 6.45) is 0. The van der Waals surface area contributed by atoms with Crippen LogP contribution in [-0.2, 0) is 6.54 Å². The van der Waals surface area contributed by atoms with Crippen molar-refractivity contribution in [2.75, 3.05) is 17.7 Å². The van der Waals surface area contributed by atoms with Gasteiger partial charge in [0.05, 0.1) is 11.4 Å². The molecule has 0 saturated carbocycles. The van der Waals surface area contributed by atoms with Crippen LogP contribution in [0.3, 0.4) is 0 Å². The van der Waals surface area contributed by atoms with Gasteiger partial charge >= 0.3 is 0 Å². The lowest BCUT2D eigenvalue weighted by Gasteiger charge is -2.22. The Morgan fingerprint density at radius 2 is 1.95 bits per heavy atom. The Bertz CT molecular complexity index is 631. The van der Waals surface area contributed by atoms with E-state index in [9.17, 15) is 9.30 Å². The lowest BCUT2D eigenvalue weighted by Crippen LogP contribution is -2.17. The van der Waals surface area contributed by atoms with Crippen molar-refractivity contribution in [3.8, 4) is 0 Å². The van der Waals surface area contributed by atoms with E-state index in [1.807, 2.05) is 18.0 Å². The van der Waals surface area contributed by atoms with Gasteiger partial charge in [-0.15, -0.1) is 4.91 Å².